The maximum Gasteiger partial charge on any atom is 0.236 e. The van der Waals surface area contributed by atoms with E-state index in [1.807, 2.05) is 17.9 Å². The van der Waals surface area contributed by atoms with Crippen molar-refractivity contribution >= 4 is 17.4 Å². The first kappa shape index (κ1) is 18.8. The van der Waals surface area contributed by atoms with Gasteiger partial charge in [0.2, 0.25) is 5.91 Å². The number of aromatic nitrogens is 3. The average Bonchev–Trinajstić information content (AvgIpc) is 3.24. The van der Waals surface area contributed by atoms with E-state index in [1.54, 1.807) is 18.6 Å². The number of nitrogens with zero attached hydrogens (tertiary/aromatic N) is 5. The topological polar surface area (TPSA) is 74.2 Å². The third kappa shape index (κ3) is 4.65. The van der Waals surface area contributed by atoms with Crippen LogP contribution in [-0.4, -0.2) is 63.4 Å². The fourth-order valence-corrected chi connectivity index (χ4v) is 4.19. The molecular formula is C21H28N6O. The van der Waals surface area contributed by atoms with Gasteiger partial charge in [-0.25, -0.2) is 4.98 Å². The Labute approximate surface area is 166 Å². The molecule has 28 heavy (non-hydrogen) atoms. The molecule has 2 aromatic rings. The lowest BCUT2D eigenvalue weighted by molar-refractivity contribution is -0.131. The van der Waals surface area contributed by atoms with E-state index in [-0.39, 0.29) is 5.91 Å². The number of carbonyl (C=O) groups excluding carboxylic acids is 1. The second-order valence-corrected chi connectivity index (χ2v) is 7.80. The highest BCUT2D eigenvalue weighted by molar-refractivity contribution is 5.78. The summed E-state index contributed by atoms with van der Waals surface area (Å²) in [6, 6.07) is 4.13. The first-order chi connectivity index (χ1) is 13.7. The van der Waals surface area contributed by atoms with E-state index in [2.05, 4.69) is 26.3 Å². The first-order valence-corrected chi connectivity index (χ1v) is 10.2. The van der Waals surface area contributed by atoms with Gasteiger partial charge in [-0.1, -0.05) is 0 Å². The smallest absolute Gasteiger partial charge is 0.236 e. The van der Waals surface area contributed by atoms with E-state index < -0.39 is 0 Å². The van der Waals surface area contributed by atoms with Crippen molar-refractivity contribution in [2.24, 2.45) is 0 Å². The number of hydrogen-bond acceptors (Lipinski definition) is 6. The number of pyridine rings is 1. The van der Waals surface area contributed by atoms with Gasteiger partial charge in [0.25, 0.3) is 0 Å². The van der Waals surface area contributed by atoms with E-state index in [1.165, 1.54) is 0 Å². The highest BCUT2D eigenvalue weighted by atomic mass is 16.2. The van der Waals surface area contributed by atoms with Gasteiger partial charge in [-0.2, -0.15) is 0 Å². The predicted molar refractivity (Wildman–Crippen MR) is 109 cm³/mol. The summed E-state index contributed by atoms with van der Waals surface area (Å²) in [5, 5.41) is 3.32. The van der Waals surface area contributed by atoms with E-state index in [4.69, 9.17) is 4.98 Å². The highest BCUT2D eigenvalue weighted by Gasteiger charge is 2.26. The van der Waals surface area contributed by atoms with Gasteiger partial charge < -0.3 is 10.2 Å². The molecule has 148 valence electrons. The Bertz CT molecular complexity index is 806. The molecule has 0 aliphatic carbocycles. The highest BCUT2D eigenvalue weighted by Crippen LogP contribution is 2.28. The maximum atomic E-state index is 12.5. The number of hydrogen-bond donors (Lipinski definition) is 1. The summed E-state index contributed by atoms with van der Waals surface area (Å²) in [6.45, 7) is 6.28. The van der Waals surface area contributed by atoms with Crippen LogP contribution in [0.15, 0.2) is 30.7 Å². The second-order valence-electron chi connectivity index (χ2n) is 7.80. The largest absolute Gasteiger partial charge is 0.342 e. The quantitative estimate of drug-likeness (QED) is 0.860. The van der Waals surface area contributed by atoms with Crippen LogP contribution in [0, 0.1) is 6.92 Å². The van der Waals surface area contributed by atoms with Crippen LogP contribution in [0.25, 0.3) is 0 Å². The van der Waals surface area contributed by atoms with Gasteiger partial charge in [0, 0.05) is 55.0 Å². The van der Waals surface area contributed by atoms with Crippen LogP contribution < -0.4 is 5.32 Å². The summed E-state index contributed by atoms with van der Waals surface area (Å²) < 4.78 is 0. The number of nitrogens with one attached hydrogen (secondary N) is 1. The van der Waals surface area contributed by atoms with Crippen molar-refractivity contribution in [3.63, 3.8) is 0 Å². The van der Waals surface area contributed by atoms with Crippen molar-refractivity contribution in [1.29, 1.82) is 0 Å². The minimum atomic E-state index is 0.278. The molecule has 2 aliphatic heterocycles. The minimum Gasteiger partial charge on any atom is -0.342 e. The molecule has 4 rings (SSSR count). The van der Waals surface area contributed by atoms with Gasteiger partial charge in [-0.05, 0) is 51.3 Å². The fourth-order valence-electron chi connectivity index (χ4n) is 4.19. The summed E-state index contributed by atoms with van der Waals surface area (Å²) >= 11 is 0. The summed E-state index contributed by atoms with van der Waals surface area (Å²) in [4.78, 5) is 30.0. The Balaban J connectivity index is 1.43. The third-order valence-electron chi connectivity index (χ3n) is 5.55. The van der Waals surface area contributed by atoms with Gasteiger partial charge in [0.15, 0.2) is 0 Å². The maximum absolute atomic E-state index is 12.5. The van der Waals surface area contributed by atoms with Crippen molar-refractivity contribution in [2.45, 2.75) is 38.5 Å². The van der Waals surface area contributed by atoms with Gasteiger partial charge in [-0.3, -0.25) is 19.7 Å². The summed E-state index contributed by atoms with van der Waals surface area (Å²) in [7, 11) is 0. The molecule has 4 heterocycles. The summed E-state index contributed by atoms with van der Waals surface area (Å²) in [6.07, 6.45) is 9.53. The number of anilines is 2. The molecule has 2 aliphatic rings. The van der Waals surface area contributed by atoms with Crippen molar-refractivity contribution in [1.82, 2.24) is 24.8 Å². The molecule has 1 atom stereocenters. The zero-order chi connectivity index (χ0) is 19.3. The van der Waals surface area contributed by atoms with Crippen LogP contribution in [0.1, 0.15) is 43.0 Å². The number of amides is 1. The molecule has 2 fully saturated rings. The van der Waals surface area contributed by atoms with E-state index >= 15 is 0 Å². The standard InChI is InChI=1S/C21H28N6O/c1-16-11-18(25-20-13-22-6-7-23-20)12-19(24-16)17-5-4-8-26(14-17)15-21(28)27-9-2-3-10-27/h6-7,11-13,17H,2-5,8-10,14-15H2,1H3,(H,23,24,25)/t17-/m1/s1. The Morgan fingerprint density at radius 1 is 1.18 bits per heavy atom. The van der Waals surface area contributed by atoms with Gasteiger partial charge in [-0.15, -0.1) is 0 Å². The monoisotopic (exact) mass is 380 g/mol. The van der Waals surface area contributed by atoms with Crippen LogP contribution in [0.5, 0.6) is 0 Å². The Morgan fingerprint density at radius 2 is 2.04 bits per heavy atom. The normalized spacial score (nSPS) is 20.3. The van der Waals surface area contributed by atoms with Crippen molar-refractivity contribution < 1.29 is 4.79 Å². The lowest BCUT2D eigenvalue weighted by Crippen LogP contribution is -2.43. The third-order valence-corrected chi connectivity index (χ3v) is 5.55. The molecular weight excluding hydrogens is 352 g/mol. The molecule has 1 amide bonds. The summed E-state index contributed by atoms with van der Waals surface area (Å²) in [5.74, 6) is 1.35. The molecule has 0 saturated carbocycles. The van der Waals surface area contributed by atoms with Crippen molar-refractivity contribution in [3.05, 3.63) is 42.1 Å². The lowest BCUT2D eigenvalue weighted by atomic mass is 9.93. The molecule has 7 heteroatoms. The van der Waals surface area contributed by atoms with E-state index in [0.717, 1.165) is 74.8 Å². The zero-order valence-electron chi connectivity index (χ0n) is 16.5. The van der Waals surface area contributed by atoms with Gasteiger partial charge in [0.1, 0.15) is 5.82 Å². The van der Waals surface area contributed by atoms with Gasteiger partial charge in [0.05, 0.1) is 12.7 Å². The molecule has 1 N–H and O–H groups in total. The van der Waals surface area contributed by atoms with Crippen LogP contribution >= 0.6 is 0 Å². The van der Waals surface area contributed by atoms with Crippen molar-refractivity contribution in [2.75, 3.05) is 38.0 Å². The van der Waals surface area contributed by atoms with E-state index in [0.29, 0.717) is 12.5 Å². The first-order valence-electron chi connectivity index (χ1n) is 10.2. The second kappa shape index (κ2) is 8.65. The minimum absolute atomic E-state index is 0.278. The number of likely N-dealkylation sites (tertiary alicyclic amines) is 2. The Morgan fingerprint density at radius 3 is 2.82 bits per heavy atom. The Hall–Kier alpha value is -2.54. The number of piperidine rings is 1. The van der Waals surface area contributed by atoms with Crippen LogP contribution in [0.3, 0.4) is 0 Å². The molecule has 2 aromatic heterocycles. The molecule has 0 spiro atoms. The lowest BCUT2D eigenvalue weighted by Gasteiger charge is -2.33. The number of rotatable bonds is 5. The van der Waals surface area contributed by atoms with Crippen LogP contribution in [-0.2, 0) is 4.79 Å². The van der Waals surface area contributed by atoms with Crippen molar-refractivity contribution in [3.8, 4) is 0 Å². The molecule has 7 nitrogen and oxygen atoms in total. The number of aryl methyl sites for hydroxylation is 1. The van der Waals surface area contributed by atoms with Crippen LogP contribution in [0.2, 0.25) is 0 Å². The Kier molecular flexibility index (Phi) is 5.81. The molecule has 0 radical (unpaired) electrons. The average molecular weight is 380 g/mol. The predicted octanol–water partition coefficient (Wildman–Crippen LogP) is 2.73. The fraction of sp³-hybridized carbons (Fsp3) is 0.524. The van der Waals surface area contributed by atoms with Gasteiger partial charge >= 0.3 is 0 Å². The zero-order valence-corrected chi connectivity index (χ0v) is 16.5. The van der Waals surface area contributed by atoms with Crippen LogP contribution in [0.4, 0.5) is 11.5 Å². The molecule has 2 saturated heterocycles. The number of carbonyl (C=O) groups is 1. The molecule has 0 bridgehead atoms. The van der Waals surface area contributed by atoms with E-state index in [9.17, 15) is 4.79 Å². The molecule has 0 aromatic carbocycles. The summed E-state index contributed by atoms with van der Waals surface area (Å²) in [5.41, 5.74) is 3.05. The SMILES string of the molecule is Cc1cc(Nc2cnccn2)cc([C@@H]2CCCN(CC(=O)N3CCCC3)C2)n1. The molecule has 0 unspecified atom stereocenters.